The van der Waals surface area contributed by atoms with E-state index in [1.165, 1.54) is 11.9 Å². The first-order valence-corrected chi connectivity index (χ1v) is 11.3. The van der Waals surface area contributed by atoms with Crippen molar-refractivity contribution in [3.8, 4) is 5.75 Å². The fourth-order valence-electron chi connectivity index (χ4n) is 3.90. The molecule has 2 atom stereocenters. The van der Waals surface area contributed by atoms with E-state index in [-0.39, 0.29) is 13.2 Å². The topological polar surface area (TPSA) is 97.5 Å². The van der Waals surface area contributed by atoms with Gasteiger partial charge in [-0.15, -0.1) is 0 Å². The number of carbonyl (C=O) groups excluding carboxylic acids is 2. The van der Waals surface area contributed by atoms with Gasteiger partial charge in [0.15, 0.2) is 0 Å². The van der Waals surface area contributed by atoms with Gasteiger partial charge in [0, 0.05) is 25.5 Å². The highest BCUT2D eigenvalue weighted by Gasteiger charge is 2.51. The van der Waals surface area contributed by atoms with Crippen LogP contribution in [-0.2, 0) is 11.2 Å². The highest BCUT2D eigenvalue weighted by Crippen LogP contribution is 2.19. The number of amides is 3. The minimum atomic E-state index is -0.919. The molecule has 4 rings (SSSR count). The smallest absolute Gasteiger partial charge is 0.390 e. The van der Waals surface area contributed by atoms with E-state index in [0.29, 0.717) is 29.1 Å². The molecule has 178 valence electrons. The fraction of sp³-hybridized carbons (Fsp3) is 0.333. The zero-order chi connectivity index (χ0) is 24.2. The molecule has 0 aliphatic carbocycles. The number of amidine groups is 1. The van der Waals surface area contributed by atoms with Crippen LogP contribution in [0.15, 0.2) is 59.6 Å². The lowest BCUT2D eigenvalue weighted by atomic mass is 10.1. The first-order chi connectivity index (χ1) is 16.3. The van der Waals surface area contributed by atoms with Gasteiger partial charge in [-0.25, -0.2) is 9.37 Å². The van der Waals surface area contributed by atoms with E-state index in [1.807, 2.05) is 30.3 Å². The van der Waals surface area contributed by atoms with Crippen molar-refractivity contribution in [2.45, 2.75) is 18.6 Å². The molecule has 2 aliphatic heterocycles. The summed E-state index contributed by atoms with van der Waals surface area (Å²) in [5.74, 6) is 0.948. The number of nitrogens with one attached hydrogen (secondary N) is 1. The standard InChI is InChI=1S/C24H26ClN5O4/c1-28-21-20(22(32)29(2)24(28)33)30(14-18(31)15-34-19-10-8-17(25)9-11-19)23(27-21)26-13-12-16-6-4-3-5-7-16/h3-11,18,20,31H,12-15H2,1-2H3/p+1. The number of urea groups is 1. The zero-order valence-corrected chi connectivity index (χ0v) is 19.8. The number of rotatable bonds is 8. The lowest BCUT2D eigenvalue weighted by molar-refractivity contribution is -0.545. The highest BCUT2D eigenvalue weighted by molar-refractivity contribution is 6.30. The molecule has 0 radical (unpaired) electrons. The number of hydrogen-bond acceptors (Lipinski definition) is 6. The van der Waals surface area contributed by atoms with Crippen LogP contribution in [-0.4, -0.2) is 89.2 Å². The quantitative estimate of drug-likeness (QED) is 0.554. The summed E-state index contributed by atoms with van der Waals surface area (Å²) in [6.45, 7) is 0.662. The molecule has 1 saturated heterocycles. The lowest BCUT2D eigenvalue weighted by Gasteiger charge is -2.32. The van der Waals surface area contributed by atoms with Crippen molar-refractivity contribution >= 4 is 35.3 Å². The van der Waals surface area contributed by atoms with Crippen molar-refractivity contribution in [1.82, 2.24) is 15.1 Å². The largest absolute Gasteiger partial charge is 0.491 e. The number of guanidine groups is 1. The first-order valence-electron chi connectivity index (χ1n) is 11.0. The van der Waals surface area contributed by atoms with Crippen LogP contribution < -0.4 is 10.1 Å². The maximum Gasteiger partial charge on any atom is 0.390 e. The maximum atomic E-state index is 13.0. The number of aliphatic imine (C=N–C) groups is 1. The van der Waals surface area contributed by atoms with Gasteiger partial charge in [-0.2, -0.15) is 0 Å². The van der Waals surface area contributed by atoms with Crippen LogP contribution in [0.25, 0.3) is 0 Å². The number of β-amino-alcohol motifs (C(OH)–C–C–N with tert-alkyl or cyclic N) is 1. The Morgan fingerprint density at radius 3 is 2.53 bits per heavy atom. The Hall–Kier alpha value is -3.43. The Morgan fingerprint density at radius 2 is 1.82 bits per heavy atom. The number of nitrogens with zero attached hydrogens (tertiary/aromatic N) is 4. The summed E-state index contributed by atoms with van der Waals surface area (Å²) in [5.41, 5.74) is 1.16. The van der Waals surface area contributed by atoms with Crippen molar-refractivity contribution in [3.63, 3.8) is 0 Å². The molecule has 0 saturated carbocycles. The Bertz CT molecular complexity index is 1120. The Morgan fingerprint density at radius 1 is 1.12 bits per heavy atom. The molecular weight excluding hydrogens is 458 g/mol. The second-order valence-electron chi connectivity index (χ2n) is 8.17. The number of imide groups is 1. The number of carbonyl (C=O) groups is 2. The normalized spacial score (nSPS) is 18.7. The van der Waals surface area contributed by atoms with Crippen LogP contribution in [0.2, 0.25) is 5.02 Å². The van der Waals surface area contributed by atoms with Crippen LogP contribution in [0.3, 0.4) is 0 Å². The van der Waals surface area contributed by atoms with Crippen LogP contribution in [0.4, 0.5) is 4.79 Å². The monoisotopic (exact) mass is 484 g/mol. The van der Waals surface area contributed by atoms with Crippen molar-refractivity contribution < 1.29 is 24.0 Å². The van der Waals surface area contributed by atoms with Gasteiger partial charge in [0.05, 0.1) is 13.1 Å². The van der Waals surface area contributed by atoms with Gasteiger partial charge in [-0.3, -0.25) is 19.9 Å². The minimum Gasteiger partial charge on any atom is -0.491 e. The van der Waals surface area contributed by atoms with Crippen LogP contribution in [0.5, 0.6) is 5.75 Å². The predicted molar refractivity (Wildman–Crippen MR) is 128 cm³/mol. The lowest BCUT2D eigenvalue weighted by Crippen LogP contribution is -2.62. The molecular formula is C24H27ClN5O4+. The number of benzene rings is 2. The number of aliphatic hydroxyl groups is 1. The van der Waals surface area contributed by atoms with Crippen molar-refractivity contribution in [2.75, 3.05) is 33.8 Å². The molecule has 10 heteroatoms. The third-order valence-corrected chi connectivity index (χ3v) is 5.99. The molecule has 2 unspecified atom stereocenters. The Kier molecular flexibility index (Phi) is 7.14. The molecule has 1 fully saturated rings. The van der Waals surface area contributed by atoms with E-state index in [1.54, 1.807) is 35.9 Å². The summed E-state index contributed by atoms with van der Waals surface area (Å²) >= 11 is 5.90. The average molecular weight is 485 g/mol. The molecule has 2 N–H and O–H groups in total. The number of hydrogen-bond donors (Lipinski definition) is 2. The third-order valence-electron chi connectivity index (χ3n) is 5.73. The summed E-state index contributed by atoms with van der Waals surface area (Å²) in [5, 5.41) is 14.6. The fourth-order valence-corrected chi connectivity index (χ4v) is 4.02. The molecule has 9 nitrogen and oxygen atoms in total. The van der Waals surface area contributed by atoms with E-state index in [2.05, 4.69) is 10.3 Å². The molecule has 3 amide bonds. The van der Waals surface area contributed by atoms with Gasteiger partial charge in [0.1, 0.15) is 18.5 Å². The van der Waals surface area contributed by atoms with Crippen LogP contribution >= 0.6 is 11.6 Å². The molecule has 2 aromatic rings. The molecule has 2 aliphatic rings. The zero-order valence-electron chi connectivity index (χ0n) is 19.0. The highest BCUT2D eigenvalue weighted by atomic mass is 35.5. The van der Waals surface area contributed by atoms with E-state index >= 15 is 0 Å². The molecule has 0 spiro atoms. The summed E-state index contributed by atoms with van der Waals surface area (Å²) in [6.07, 6.45) is -0.171. The Balaban J connectivity index is 1.50. The molecule has 2 aromatic carbocycles. The molecule has 0 bridgehead atoms. The number of ether oxygens (including phenoxy) is 1. The van der Waals surface area contributed by atoms with Crippen LogP contribution in [0, 0.1) is 0 Å². The SMILES string of the molecule is CN1C(=O)C2C(=NC(NCCc3ccccc3)=[N+]2CC(O)COc2ccc(Cl)cc2)N(C)C1=O. The van der Waals surface area contributed by atoms with E-state index < -0.39 is 24.1 Å². The number of halogens is 1. The number of fused-ring (bicyclic) bond motifs is 1. The predicted octanol–water partition coefficient (Wildman–Crippen LogP) is 1.59. The molecule has 2 heterocycles. The maximum absolute atomic E-state index is 13.0. The van der Waals surface area contributed by atoms with E-state index in [4.69, 9.17) is 16.3 Å². The average Bonchev–Trinajstić information content (AvgIpc) is 3.19. The van der Waals surface area contributed by atoms with E-state index in [9.17, 15) is 14.7 Å². The molecule has 0 aromatic heterocycles. The van der Waals surface area contributed by atoms with Gasteiger partial charge in [0.2, 0.25) is 11.9 Å². The first kappa shape index (κ1) is 23.7. The third kappa shape index (κ3) is 5.05. The van der Waals surface area contributed by atoms with Gasteiger partial charge in [-0.05, 0) is 29.8 Å². The van der Waals surface area contributed by atoms with Crippen LogP contribution in [0.1, 0.15) is 5.56 Å². The summed E-state index contributed by atoms with van der Waals surface area (Å²) in [4.78, 5) is 32.4. The summed E-state index contributed by atoms with van der Waals surface area (Å²) in [6, 6.07) is 15.6. The second-order valence-corrected chi connectivity index (χ2v) is 8.60. The van der Waals surface area contributed by atoms with Gasteiger partial charge >= 0.3 is 12.0 Å². The number of likely N-dealkylation sites (N-methyl/N-ethyl adjacent to an activating group) is 2. The van der Waals surface area contributed by atoms with Crippen molar-refractivity contribution in [3.05, 3.63) is 65.2 Å². The Labute approximate surface area is 202 Å². The van der Waals surface area contributed by atoms with Gasteiger partial charge in [-0.1, -0.05) is 46.9 Å². The van der Waals surface area contributed by atoms with E-state index in [0.717, 1.165) is 16.9 Å². The minimum absolute atomic E-state index is 0.0102. The van der Waals surface area contributed by atoms with Gasteiger partial charge in [0.25, 0.3) is 5.91 Å². The van der Waals surface area contributed by atoms with Gasteiger partial charge < -0.3 is 9.84 Å². The number of aliphatic hydroxyl groups excluding tert-OH is 1. The summed E-state index contributed by atoms with van der Waals surface area (Å²) < 4.78 is 7.36. The summed E-state index contributed by atoms with van der Waals surface area (Å²) in [7, 11) is 3.03. The van der Waals surface area contributed by atoms with Crippen molar-refractivity contribution in [2.24, 2.45) is 4.99 Å². The second kappa shape index (κ2) is 10.2. The molecule has 34 heavy (non-hydrogen) atoms. The van der Waals surface area contributed by atoms with Crippen molar-refractivity contribution in [1.29, 1.82) is 0 Å².